The van der Waals surface area contributed by atoms with Crippen LogP contribution in [0.5, 0.6) is 0 Å². The molecule has 1 aliphatic rings. The Balaban J connectivity index is 2.10. The molecule has 4 nitrogen and oxygen atoms in total. The summed E-state index contributed by atoms with van der Waals surface area (Å²) in [5, 5.41) is 9.88. The molecule has 0 bridgehead atoms. The molecule has 0 aliphatic carbocycles. The molecule has 1 N–H and O–H groups in total. The first-order valence-electron chi connectivity index (χ1n) is 6.62. The van der Waals surface area contributed by atoms with Gasteiger partial charge in [0, 0.05) is 13.7 Å². The Bertz CT molecular complexity index is 193. The van der Waals surface area contributed by atoms with E-state index in [0.29, 0.717) is 13.2 Å². The van der Waals surface area contributed by atoms with Crippen molar-refractivity contribution in [2.75, 3.05) is 40.0 Å². The fourth-order valence-electron chi connectivity index (χ4n) is 2.15. The highest BCUT2D eigenvalue weighted by atomic mass is 16.5. The predicted octanol–water partition coefficient (Wildman–Crippen LogP) is 1.13. The van der Waals surface area contributed by atoms with E-state index >= 15 is 0 Å². The highest BCUT2D eigenvalue weighted by molar-refractivity contribution is 4.72. The van der Waals surface area contributed by atoms with Gasteiger partial charge in [-0.2, -0.15) is 0 Å². The van der Waals surface area contributed by atoms with Gasteiger partial charge in [-0.15, -0.1) is 0 Å². The van der Waals surface area contributed by atoms with E-state index in [9.17, 15) is 5.11 Å². The molecule has 0 spiro atoms. The maximum Gasteiger partial charge on any atom is 0.0900 e. The van der Waals surface area contributed by atoms with Crippen LogP contribution in [0.2, 0.25) is 0 Å². The molecule has 0 radical (unpaired) electrons. The number of methoxy groups -OCH3 is 1. The van der Waals surface area contributed by atoms with Crippen LogP contribution >= 0.6 is 0 Å². The van der Waals surface area contributed by atoms with E-state index in [1.54, 1.807) is 7.11 Å². The summed E-state index contributed by atoms with van der Waals surface area (Å²) in [4.78, 5) is 2.33. The molecule has 1 rings (SSSR count). The van der Waals surface area contributed by atoms with Gasteiger partial charge < -0.3 is 19.5 Å². The van der Waals surface area contributed by atoms with Crippen LogP contribution in [0.3, 0.4) is 0 Å². The highest BCUT2D eigenvalue weighted by Crippen LogP contribution is 2.15. The lowest BCUT2D eigenvalue weighted by Crippen LogP contribution is -2.40. The van der Waals surface area contributed by atoms with Crippen molar-refractivity contribution in [3.05, 3.63) is 0 Å². The molecule has 0 amide bonds. The van der Waals surface area contributed by atoms with Crippen LogP contribution in [0, 0.1) is 5.92 Å². The number of piperidine rings is 1. The van der Waals surface area contributed by atoms with Crippen LogP contribution < -0.4 is 0 Å². The Morgan fingerprint density at radius 2 is 1.94 bits per heavy atom. The van der Waals surface area contributed by atoms with Gasteiger partial charge in [0.2, 0.25) is 0 Å². The van der Waals surface area contributed by atoms with Crippen molar-refractivity contribution in [2.45, 2.75) is 38.9 Å². The first-order valence-corrected chi connectivity index (χ1v) is 6.62. The molecule has 4 heteroatoms. The normalized spacial score (nSPS) is 22.6. The van der Waals surface area contributed by atoms with E-state index in [2.05, 4.69) is 11.8 Å². The molecule has 1 fully saturated rings. The molecule has 2 unspecified atom stereocenters. The maximum absolute atomic E-state index is 9.88. The number of hydrogen-bond donors (Lipinski definition) is 1. The van der Waals surface area contributed by atoms with Crippen molar-refractivity contribution in [2.24, 2.45) is 5.92 Å². The van der Waals surface area contributed by atoms with Crippen LogP contribution in [0.15, 0.2) is 0 Å². The Labute approximate surface area is 105 Å². The molecule has 0 aromatic heterocycles. The Morgan fingerprint density at radius 1 is 1.29 bits per heavy atom. The van der Waals surface area contributed by atoms with Gasteiger partial charge in [-0.05, 0) is 38.8 Å². The van der Waals surface area contributed by atoms with Gasteiger partial charge in [0.1, 0.15) is 0 Å². The van der Waals surface area contributed by atoms with Crippen molar-refractivity contribution in [3.8, 4) is 0 Å². The molecule has 0 aromatic rings. The second-order valence-electron chi connectivity index (χ2n) is 5.24. The molecule has 0 saturated carbocycles. The minimum absolute atomic E-state index is 0.0519. The fourth-order valence-corrected chi connectivity index (χ4v) is 2.15. The number of likely N-dealkylation sites (tertiary alicyclic amines) is 1. The monoisotopic (exact) mass is 245 g/mol. The van der Waals surface area contributed by atoms with Gasteiger partial charge in [-0.3, -0.25) is 0 Å². The number of ether oxygens (including phenoxy) is 2. The average molecular weight is 245 g/mol. The lowest BCUT2D eigenvalue weighted by atomic mass is 9.99. The first kappa shape index (κ1) is 14.9. The van der Waals surface area contributed by atoms with Gasteiger partial charge in [-0.1, -0.05) is 6.92 Å². The van der Waals surface area contributed by atoms with Gasteiger partial charge in [-0.25, -0.2) is 0 Å². The van der Waals surface area contributed by atoms with E-state index in [4.69, 9.17) is 9.47 Å². The molecular formula is C13H27NO3. The zero-order valence-electron chi connectivity index (χ0n) is 11.4. The molecule has 17 heavy (non-hydrogen) atoms. The average Bonchev–Trinajstić information content (AvgIpc) is 2.30. The second-order valence-corrected chi connectivity index (χ2v) is 5.24. The largest absolute Gasteiger partial charge is 0.389 e. The molecule has 1 heterocycles. The standard InChI is InChI=1S/C13H27NO3/c1-11-4-6-14(7-5-11)8-13(15)10-17-12(2)9-16-3/h11-13,15H,4-10H2,1-3H3. The second kappa shape index (κ2) is 8.03. The minimum Gasteiger partial charge on any atom is -0.389 e. The zero-order valence-corrected chi connectivity index (χ0v) is 11.4. The number of nitrogens with zero attached hydrogens (tertiary/aromatic N) is 1. The SMILES string of the molecule is COCC(C)OCC(O)CN1CCC(C)CC1. The van der Waals surface area contributed by atoms with E-state index in [1.165, 1.54) is 12.8 Å². The van der Waals surface area contributed by atoms with Gasteiger partial charge in [0.25, 0.3) is 0 Å². The summed E-state index contributed by atoms with van der Waals surface area (Å²) in [5.74, 6) is 0.835. The molecule has 102 valence electrons. The van der Waals surface area contributed by atoms with Crippen LogP contribution in [0.25, 0.3) is 0 Å². The lowest BCUT2D eigenvalue weighted by Gasteiger charge is -2.31. The van der Waals surface area contributed by atoms with Crippen LogP contribution in [-0.4, -0.2) is 62.2 Å². The molecular weight excluding hydrogens is 218 g/mol. The first-order chi connectivity index (χ1) is 8.11. The Kier molecular flexibility index (Phi) is 7.04. The molecule has 1 saturated heterocycles. The van der Waals surface area contributed by atoms with E-state index < -0.39 is 0 Å². The minimum atomic E-state index is -0.386. The third kappa shape index (κ3) is 6.36. The van der Waals surface area contributed by atoms with Gasteiger partial charge in [0.15, 0.2) is 0 Å². The number of hydrogen-bond acceptors (Lipinski definition) is 4. The number of rotatable bonds is 7. The van der Waals surface area contributed by atoms with Gasteiger partial charge in [0.05, 0.1) is 25.4 Å². The Morgan fingerprint density at radius 3 is 2.53 bits per heavy atom. The Hall–Kier alpha value is -0.160. The summed E-state index contributed by atoms with van der Waals surface area (Å²) >= 11 is 0. The molecule has 0 aromatic carbocycles. The zero-order chi connectivity index (χ0) is 12.7. The summed E-state index contributed by atoms with van der Waals surface area (Å²) in [7, 11) is 1.66. The highest BCUT2D eigenvalue weighted by Gasteiger charge is 2.18. The van der Waals surface area contributed by atoms with Crippen molar-refractivity contribution >= 4 is 0 Å². The van der Waals surface area contributed by atoms with E-state index in [-0.39, 0.29) is 12.2 Å². The lowest BCUT2D eigenvalue weighted by molar-refractivity contribution is -0.0415. The van der Waals surface area contributed by atoms with Crippen molar-refractivity contribution in [1.29, 1.82) is 0 Å². The van der Waals surface area contributed by atoms with Crippen molar-refractivity contribution in [3.63, 3.8) is 0 Å². The summed E-state index contributed by atoms with van der Waals surface area (Å²) in [6.07, 6.45) is 2.15. The summed E-state index contributed by atoms with van der Waals surface area (Å²) in [6, 6.07) is 0. The summed E-state index contributed by atoms with van der Waals surface area (Å²) < 4.78 is 10.5. The van der Waals surface area contributed by atoms with Crippen LogP contribution in [0.4, 0.5) is 0 Å². The summed E-state index contributed by atoms with van der Waals surface area (Å²) in [6.45, 7) is 8.16. The fraction of sp³-hybridized carbons (Fsp3) is 1.00. The third-order valence-corrected chi connectivity index (χ3v) is 3.32. The van der Waals surface area contributed by atoms with Crippen molar-refractivity contribution < 1.29 is 14.6 Å². The predicted molar refractivity (Wildman–Crippen MR) is 68.1 cm³/mol. The number of aliphatic hydroxyl groups is 1. The summed E-state index contributed by atoms with van der Waals surface area (Å²) in [5.41, 5.74) is 0. The van der Waals surface area contributed by atoms with Crippen molar-refractivity contribution in [1.82, 2.24) is 4.90 Å². The third-order valence-electron chi connectivity index (χ3n) is 3.32. The van der Waals surface area contributed by atoms with Gasteiger partial charge >= 0.3 is 0 Å². The smallest absolute Gasteiger partial charge is 0.0900 e. The van der Waals surface area contributed by atoms with E-state index in [1.807, 2.05) is 6.92 Å². The quantitative estimate of drug-likeness (QED) is 0.730. The number of aliphatic hydroxyl groups excluding tert-OH is 1. The molecule has 1 aliphatic heterocycles. The number of β-amino-alcohol motifs (C(OH)–C–C–N with tert-alkyl or cyclic N) is 1. The van der Waals surface area contributed by atoms with Crippen LogP contribution in [0.1, 0.15) is 26.7 Å². The maximum atomic E-state index is 9.88. The van der Waals surface area contributed by atoms with Crippen LogP contribution in [-0.2, 0) is 9.47 Å². The van der Waals surface area contributed by atoms with E-state index in [0.717, 1.165) is 25.6 Å². The topological polar surface area (TPSA) is 41.9 Å². The molecule has 2 atom stereocenters.